The SMILES string of the molecule is CN1CCN(CCc2ccc(NC(=O)c3cccc(OCC4CCCO4)c3)cc2)CC1. The Hall–Kier alpha value is -2.41. The number of carbonyl (C=O) groups excluding carboxylic acids is 1. The first kappa shape index (κ1) is 21.8. The molecule has 0 spiro atoms. The van der Waals surface area contributed by atoms with Gasteiger partial charge in [-0.3, -0.25) is 4.79 Å². The fourth-order valence-corrected chi connectivity index (χ4v) is 4.01. The number of hydrogen-bond acceptors (Lipinski definition) is 5. The number of amides is 1. The molecule has 2 heterocycles. The minimum absolute atomic E-state index is 0.132. The lowest BCUT2D eigenvalue weighted by Gasteiger charge is -2.32. The Labute approximate surface area is 185 Å². The third-order valence-electron chi connectivity index (χ3n) is 6.08. The van der Waals surface area contributed by atoms with E-state index in [4.69, 9.17) is 9.47 Å². The number of piperazine rings is 1. The molecule has 1 unspecified atom stereocenters. The van der Waals surface area contributed by atoms with E-state index in [0.717, 1.165) is 64.3 Å². The minimum atomic E-state index is -0.132. The van der Waals surface area contributed by atoms with Crippen LogP contribution in [0.15, 0.2) is 48.5 Å². The van der Waals surface area contributed by atoms with Gasteiger partial charge in [0.05, 0.1) is 6.10 Å². The second-order valence-corrected chi connectivity index (χ2v) is 8.52. The monoisotopic (exact) mass is 423 g/mol. The molecule has 0 radical (unpaired) electrons. The number of nitrogens with one attached hydrogen (secondary N) is 1. The molecule has 2 aromatic rings. The van der Waals surface area contributed by atoms with Gasteiger partial charge in [-0.15, -0.1) is 0 Å². The van der Waals surface area contributed by atoms with Crippen LogP contribution in [0.2, 0.25) is 0 Å². The zero-order valence-corrected chi connectivity index (χ0v) is 18.4. The number of rotatable bonds is 8. The van der Waals surface area contributed by atoms with E-state index < -0.39 is 0 Å². The summed E-state index contributed by atoms with van der Waals surface area (Å²) >= 11 is 0. The summed E-state index contributed by atoms with van der Waals surface area (Å²) in [6, 6.07) is 15.5. The summed E-state index contributed by atoms with van der Waals surface area (Å²) in [5, 5.41) is 2.99. The van der Waals surface area contributed by atoms with Crippen LogP contribution >= 0.6 is 0 Å². The largest absolute Gasteiger partial charge is 0.491 e. The smallest absolute Gasteiger partial charge is 0.255 e. The molecule has 6 heteroatoms. The average Bonchev–Trinajstić information content (AvgIpc) is 3.32. The summed E-state index contributed by atoms with van der Waals surface area (Å²) in [5.74, 6) is 0.565. The molecule has 1 N–H and O–H groups in total. The number of anilines is 1. The summed E-state index contributed by atoms with van der Waals surface area (Å²) < 4.78 is 11.4. The molecule has 1 atom stereocenters. The Bertz CT molecular complexity index is 841. The van der Waals surface area contributed by atoms with Crippen molar-refractivity contribution in [2.24, 2.45) is 0 Å². The molecular weight excluding hydrogens is 390 g/mol. The lowest BCUT2D eigenvalue weighted by Crippen LogP contribution is -2.45. The van der Waals surface area contributed by atoms with Crippen molar-refractivity contribution in [3.63, 3.8) is 0 Å². The molecule has 2 aliphatic heterocycles. The quantitative estimate of drug-likeness (QED) is 0.706. The van der Waals surface area contributed by atoms with Gasteiger partial charge < -0.3 is 24.6 Å². The summed E-state index contributed by atoms with van der Waals surface area (Å²) in [6.07, 6.45) is 3.31. The molecule has 0 saturated carbocycles. The molecule has 0 bridgehead atoms. The molecule has 6 nitrogen and oxygen atoms in total. The van der Waals surface area contributed by atoms with Crippen LogP contribution in [0.25, 0.3) is 0 Å². The van der Waals surface area contributed by atoms with E-state index in [-0.39, 0.29) is 12.0 Å². The first-order chi connectivity index (χ1) is 15.2. The highest BCUT2D eigenvalue weighted by Crippen LogP contribution is 2.19. The van der Waals surface area contributed by atoms with E-state index >= 15 is 0 Å². The van der Waals surface area contributed by atoms with E-state index in [9.17, 15) is 4.79 Å². The van der Waals surface area contributed by atoms with Gasteiger partial charge in [0.25, 0.3) is 5.91 Å². The maximum absolute atomic E-state index is 12.7. The highest BCUT2D eigenvalue weighted by Gasteiger charge is 2.16. The Morgan fingerprint density at radius 1 is 1.13 bits per heavy atom. The van der Waals surface area contributed by atoms with Crippen LogP contribution in [-0.2, 0) is 11.2 Å². The molecule has 0 aromatic heterocycles. The molecule has 2 aromatic carbocycles. The van der Waals surface area contributed by atoms with Gasteiger partial charge in [-0.05, 0) is 62.2 Å². The summed E-state index contributed by atoms with van der Waals surface area (Å²) in [6.45, 7) is 6.99. The fourth-order valence-electron chi connectivity index (χ4n) is 4.01. The zero-order chi connectivity index (χ0) is 21.5. The number of carbonyl (C=O) groups is 1. The highest BCUT2D eigenvalue weighted by molar-refractivity contribution is 6.04. The molecule has 31 heavy (non-hydrogen) atoms. The van der Waals surface area contributed by atoms with Gasteiger partial charge in [0.1, 0.15) is 12.4 Å². The number of ether oxygens (including phenoxy) is 2. The maximum atomic E-state index is 12.7. The molecule has 2 saturated heterocycles. The van der Waals surface area contributed by atoms with Crippen molar-refractivity contribution in [1.82, 2.24) is 9.80 Å². The van der Waals surface area contributed by atoms with Gasteiger partial charge in [-0.1, -0.05) is 18.2 Å². The lowest BCUT2D eigenvalue weighted by molar-refractivity contribution is 0.0679. The van der Waals surface area contributed by atoms with Crippen molar-refractivity contribution >= 4 is 11.6 Å². The summed E-state index contributed by atoms with van der Waals surface area (Å²) in [4.78, 5) is 17.6. The Kier molecular flexibility index (Phi) is 7.57. The zero-order valence-electron chi connectivity index (χ0n) is 18.4. The number of likely N-dealkylation sites (N-methyl/N-ethyl adjacent to an activating group) is 1. The number of nitrogens with zero attached hydrogens (tertiary/aromatic N) is 2. The van der Waals surface area contributed by atoms with Crippen molar-refractivity contribution in [3.8, 4) is 5.75 Å². The van der Waals surface area contributed by atoms with Gasteiger partial charge in [0.15, 0.2) is 0 Å². The Morgan fingerprint density at radius 2 is 1.94 bits per heavy atom. The van der Waals surface area contributed by atoms with Crippen molar-refractivity contribution in [2.45, 2.75) is 25.4 Å². The molecule has 2 fully saturated rings. The van der Waals surface area contributed by atoms with E-state index in [1.54, 1.807) is 12.1 Å². The summed E-state index contributed by atoms with van der Waals surface area (Å²) in [5.41, 5.74) is 2.68. The number of hydrogen-bond donors (Lipinski definition) is 1. The van der Waals surface area contributed by atoms with Crippen molar-refractivity contribution in [3.05, 3.63) is 59.7 Å². The van der Waals surface area contributed by atoms with E-state index in [1.807, 2.05) is 24.3 Å². The van der Waals surface area contributed by atoms with Crippen molar-refractivity contribution in [1.29, 1.82) is 0 Å². The Balaban J connectivity index is 1.25. The van der Waals surface area contributed by atoms with Crippen LogP contribution < -0.4 is 10.1 Å². The number of benzene rings is 2. The first-order valence-electron chi connectivity index (χ1n) is 11.3. The predicted octanol–water partition coefficient (Wildman–Crippen LogP) is 3.29. The predicted molar refractivity (Wildman–Crippen MR) is 123 cm³/mol. The van der Waals surface area contributed by atoms with Gasteiger partial charge in [-0.25, -0.2) is 0 Å². The lowest BCUT2D eigenvalue weighted by atomic mass is 10.1. The first-order valence-corrected chi connectivity index (χ1v) is 11.3. The minimum Gasteiger partial charge on any atom is -0.491 e. The fraction of sp³-hybridized carbons (Fsp3) is 0.480. The topological polar surface area (TPSA) is 54.0 Å². The van der Waals surface area contributed by atoms with Gasteiger partial charge in [-0.2, -0.15) is 0 Å². The van der Waals surface area contributed by atoms with Crippen LogP contribution in [-0.4, -0.2) is 74.8 Å². The van der Waals surface area contributed by atoms with Crippen molar-refractivity contribution < 1.29 is 14.3 Å². The molecule has 166 valence electrons. The van der Waals surface area contributed by atoms with E-state index in [0.29, 0.717) is 17.9 Å². The van der Waals surface area contributed by atoms with Crippen LogP contribution in [0.3, 0.4) is 0 Å². The van der Waals surface area contributed by atoms with Crippen LogP contribution in [0.4, 0.5) is 5.69 Å². The van der Waals surface area contributed by atoms with Crippen molar-refractivity contribution in [2.75, 3.05) is 58.3 Å². The van der Waals surface area contributed by atoms with Crippen LogP contribution in [0.5, 0.6) is 5.75 Å². The molecular formula is C25H33N3O3. The standard InChI is InChI=1S/C25H33N3O3/c1-27-13-15-28(16-14-27)12-11-20-7-9-22(10-8-20)26-25(29)21-4-2-5-23(18-21)31-19-24-6-3-17-30-24/h2,4-5,7-10,18,24H,3,6,11-17,19H2,1H3,(H,26,29). The summed E-state index contributed by atoms with van der Waals surface area (Å²) in [7, 11) is 2.18. The molecule has 2 aliphatic rings. The Morgan fingerprint density at radius 3 is 2.68 bits per heavy atom. The molecule has 0 aliphatic carbocycles. The van der Waals surface area contributed by atoms with Crippen LogP contribution in [0.1, 0.15) is 28.8 Å². The van der Waals surface area contributed by atoms with Gasteiger partial charge in [0.2, 0.25) is 0 Å². The third kappa shape index (κ3) is 6.53. The highest BCUT2D eigenvalue weighted by atomic mass is 16.5. The maximum Gasteiger partial charge on any atom is 0.255 e. The third-order valence-corrected chi connectivity index (χ3v) is 6.08. The van der Waals surface area contributed by atoms with E-state index in [1.165, 1.54) is 5.56 Å². The second kappa shape index (κ2) is 10.8. The van der Waals surface area contributed by atoms with E-state index in [2.05, 4.69) is 34.3 Å². The molecule has 1 amide bonds. The van der Waals surface area contributed by atoms with Gasteiger partial charge in [0, 0.05) is 50.6 Å². The van der Waals surface area contributed by atoms with Gasteiger partial charge >= 0.3 is 0 Å². The van der Waals surface area contributed by atoms with Crippen LogP contribution in [0, 0.1) is 0 Å². The second-order valence-electron chi connectivity index (χ2n) is 8.52. The molecule has 4 rings (SSSR count). The average molecular weight is 424 g/mol. The normalized spacial score (nSPS) is 20.0.